The van der Waals surface area contributed by atoms with Gasteiger partial charge in [-0.2, -0.15) is 0 Å². The highest BCUT2D eigenvalue weighted by atomic mass is 15.2. The fourth-order valence-electron chi connectivity index (χ4n) is 3.94. The van der Waals surface area contributed by atoms with Crippen LogP contribution in [0.4, 0.5) is 0 Å². The van der Waals surface area contributed by atoms with Crippen molar-refractivity contribution in [1.82, 2.24) is 4.90 Å². The van der Waals surface area contributed by atoms with Crippen molar-refractivity contribution in [3.8, 4) is 0 Å². The first-order valence-electron chi connectivity index (χ1n) is 7.79. The molecule has 1 aromatic rings. The fourth-order valence-corrected chi connectivity index (χ4v) is 3.94. The van der Waals surface area contributed by atoms with Gasteiger partial charge >= 0.3 is 0 Å². The quantitative estimate of drug-likeness (QED) is 0.884. The molecule has 1 saturated carbocycles. The van der Waals surface area contributed by atoms with Gasteiger partial charge in [0.25, 0.3) is 0 Å². The minimum atomic E-state index is 0.710. The van der Waals surface area contributed by atoms with Crippen molar-refractivity contribution in [2.45, 2.75) is 45.2 Å². The predicted molar refractivity (Wildman–Crippen MR) is 79.9 cm³/mol. The lowest BCUT2D eigenvalue weighted by molar-refractivity contribution is 0.0750. The van der Waals surface area contributed by atoms with Crippen molar-refractivity contribution < 1.29 is 0 Å². The minimum absolute atomic E-state index is 0.710. The van der Waals surface area contributed by atoms with Crippen LogP contribution in [-0.4, -0.2) is 24.0 Å². The van der Waals surface area contributed by atoms with Crippen molar-refractivity contribution >= 4 is 0 Å². The van der Waals surface area contributed by atoms with Crippen molar-refractivity contribution in [1.29, 1.82) is 0 Å². The van der Waals surface area contributed by atoms with E-state index in [-0.39, 0.29) is 0 Å². The molecule has 0 spiro atoms. The van der Waals surface area contributed by atoms with Crippen LogP contribution < -0.4 is 5.73 Å². The molecule has 2 N–H and O–H groups in total. The van der Waals surface area contributed by atoms with Gasteiger partial charge in [0, 0.05) is 19.1 Å². The molecule has 2 nitrogen and oxygen atoms in total. The van der Waals surface area contributed by atoms with Crippen molar-refractivity contribution in [3.63, 3.8) is 0 Å². The molecule has 1 heterocycles. The third-order valence-corrected chi connectivity index (χ3v) is 5.15. The number of nitrogens with two attached hydrogens (primary N) is 1. The normalized spacial score (nSPS) is 32.0. The van der Waals surface area contributed by atoms with Gasteiger partial charge in [-0.15, -0.1) is 0 Å². The molecule has 3 atom stereocenters. The van der Waals surface area contributed by atoms with Gasteiger partial charge < -0.3 is 5.73 Å². The molecule has 2 heteroatoms. The van der Waals surface area contributed by atoms with Crippen molar-refractivity contribution in [3.05, 3.63) is 35.4 Å². The standard InChI is InChI=1S/C17H26N2/c1-13-6-7-15(11-18)17(10-13)19-9-8-14-4-2-3-5-16(14)12-19/h2-5,13,15,17H,6-12,18H2,1H3. The van der Waals surface area contributed by atoms with E-state index in [0.29, 0.717) is 12.0 Å². The average molecular weight is 258 g/mol. The van der Waals surface area contributed by atoms with Gasteiger partial charge in [0.1, 0.15) is 0 Å². The molecule has 19 heavy (non-hydrogen) atoms. The van der Waals surface area contributed by atoms with E-state index in [0.717, 1.165) is 19.0 Å². The lowest BCUT2D eigenvalue weighted by atomic mass is 9.77. The summed E-state index contributed by atoms with van der Waals surface area (Å²) in [6, 6.07) is 9.63. The van der Waals surface area contributed by atoms with Crippen LogP contribution in [0.25, 0.3) is 0 Å². The molecule has 0 saturated heterocycles. The Morgan fingerprint density at radius 3 is 2.79 bits per heavy atom. The number of benzene rings is 1. The maximum Gasteiger partial charge on any atom is 0.0239 e. The lowest BCUT2D eigenvalue weighted by Gasteiger charge is -2.43. The van der Waals surface area contributed by atoms with Gasteiger partial charge in [0.15, 0.2) is 0 Å². The highest BCUT2D eigenvalue weighted by molar-refractivity contribution is 5.29. The summed E-state index contributed by atoms with van der Waals surface area (Å²) in [4.78, 5) is 2.70. The van der Waals surface area contributed by atoms with E-state index in [1.54, 1.807) is 5.56 Å². The highest BCUT2D eigenvalue weighted by Crippen LogP contribution is 2.34. The minimum Gasteiger partial charge on any atom is -0.330 e. The van der Waals surface area contributed by atoms with Gasteiger partial charge in [0.2, 0.25) is 0 Å². The Hall–Kier alpha value is -0.860. The van der Waals surface area contributed by atoms with E-state index in [4.69, 9.17) is 5.73 Å². The van der Waals surface area contributed by atoms with Crippen LogP contribution in [0.3, 0.4) is 0 Å². The highest BCUT2D eigenvalue weighted by Gasteiger charge is 2.33. The second kappa shape index (κ2) is 5.64. The van der Waals surface area contributed by atoms with Gasteiger partial charge in [-0.05, 0) is 48.8 Å². The fraction of sp³-hybridized carbons (Fsp3) is 0.647. The van der Waals surface area contributed by atoms with Crippen LogP contribution in [0.2, 0.25) is 0 Å². The monoisotopic (exact) mass is 258 g/mol. The molecule has 104 valence electrons. The number of nitrogens with zero attached hydrogens (tertiary/aromatic N) is 1. The molecule has 3 unspecified atom stereocenters. The summed E-state index contributed by atoms with van der Waals surface area (Å²) >= 11 is 0. The molecule has 2 aliphatic rings. The van der Waals surface area contributed by atoms with Crippen LogP contribution in [0.5, 0.6) is 0 Å². The molecular weight excluding hydrogens is 232 g/mol. The number of fused-ring (bicyclic) bond motifs is 1. The second-order valence-electron chi connectivity index (χ2n) is 6.47. The van der Waals surface area contributed by atoms with Gasteiger partial charge in [-0.25, -0.2) is 0 Å². The second-order valence-corrected chi connectivity index (χ2v) is 6.47. The number of hydrogen-bond donors (Lipinski definition) is 1. The zero-order chi connectivity index (χ0) is 13.2. The maximum absolute atomic E-state index is 6.01. The number of hydrogen-bond acceptors (Lipinski definition) is 2. The molecular formula is C17H26N2. The van der Waals surface area contributed by atoms with E-state index in [2.05, 4.69) is 36.1 Å². The molecule has 0 amide bonds. The molecule has 0 bridgehead atoms. The molecule has 1 fully saturated rings. The predicted octanol–water partition coefficient (Wildman–Crippen LogP) is 2.81. The molecule has 3 rings (SSSR count). The van der Waals surface area contributed by atoms with Crippen molar-refractivity contribution in [2.24, 2.45) is 17.6 Å². The maximum atomic E-state index is 6.01. The van der Waals surface area contributed by atoms with Crippen LogP contribution in [0, 0.1) is 11.8 Å². The van der Waals surface area contributed by atoms with Crippen molar-refractivity contribution in [2.75, 3.05) is 13.1 Å². The molecule has 0 aromatic heterocycles. The molecule has 1 aliphatic heterocycles. The Morgan fingerprint density at radius 2 is 2.00 bits per heavy atom. The average Bonchev–Trinajstić information content (AvgIpc) is 2.46. The smallest absolute Gasteiger partial charge is 0.0239 e. The molecule has 0 radical (unpaired) electrons. The van der Waals surface area contributed by atoms with Crippen LogP contribution in [0.15, 0.2) is 24.3 Å². The topological polar surface area (TPSA) is 29.3 Å². The zero-order valence-corrected chi connectivity index (χ0v) is 12.0. The largest absolute Gasteiger partial charge is 0.330 e. The van der Waals surface area contributed by atoms with E-state index in [1.165, 1.54) is 37.8 Å². The van der Waals surface area contributed by atoms with Gasteiger partial charge in [0.05, 0.1) is 0 Å². The first-order chi connectivity index (χ1) is 9.28. The lowest BCUT2D eigenvalue weighted by Crippen LogP contribution is -2.48. The van der Waals surface area contributed by atoms with E-state index >= 15 is 0 Å². The number of rotatable bonds is 2. The Balaban J connectivity index is 1.75. The third-order valence-electron chi connectivity index (χ3n) is 5.15. The first kappa shape index (κ1) is 13.1. The third kappa shape index (κ3) is 2.70. The summed E-state index contributed by atoms with van der Waals surface area (Å²) in [7, 11) is 0. The van der Waals surface area contributed by atoms with Gasteiger partial charge in [-0.1, -0.05) is 37.6 Å². The van der Waals surface area contributed by atoms with Crippen LogP contribution >= 0.6 is 0 Å². The zero-order valence-electron chi connectivity index (χ0n) is 12.0. The first-order valence-corrected chi connectivity index (χ1v) is 7.79. The van der Waals surface area contributed by atoms with E-state index in [1.807, 2.05) is 0 Å². The molecule has 1 aromatic carbocycles. The van der Waals surface area contributed by atoms with E-state index in [9.17, 15) is 0 Å². The van der Waals surface area contributed by atoms with Gasteiger partial charge in [-0.3, -0.25) is 4.90 Å². The Bertz CT molecular complexity index is 429. The summed E-state index contributed by atoms with van der Waals surface area (Å²) in [5.41, 5.74) is 9.09. The Kier molecular flexibility index (Phi) is 3.90. The summed E-state index contributed by atoms with van der Waals surface area (Å²) in [5.74, 6) is 1.58. The Labute approximate surface area is 117 Å². The summed E-state index contributed by atoms with van der Waals surface area (Å²) < 4.78 is 0. The summed E-state index contributed by atoms with van der Waals surface area (Å²) in [6.07, 6.45) is 5.23. The molecule has 1 aliphatic carbocycles. The summed E-state index contributed by atoms with van der Waals surface area (Å²) in [6.45, 7) is 5.60. The van der Waals surface area contributed by atoms with Crippen LogP contribution in [-0.2, 0) is 13.0 Å². The van der Waals surface area contributed by atoms with Crippen LogP contribution in [0.1, 0.15) is 37.3 Å². The summed E-state index contributed by atoms with van der Waals surface area (Å²) in [5, 5.41) is 0. The Morgan fingerprint density at radius 1 is 1.21 bits per heavy atom. The van der Waals surface area contributed by atoms with E-state index < -0.39 is 0 Å². The SMILES string of the molecule is CC1CCC(CN)C(N2CCc3ccccc3C2)C1.